The SMILES string of the molecule is O=C(NNC(=O)c1ccccc1OCc1ccccc1)c1ccccc1. The molecule has 0 unspecified atom stereocenters. The Hall–Kier alpha value is -3.60. The Morgan fingerprint density at radius 1 is 0.692 bits per heavy atom. The fraction of sp³-hybridized carbons (Fsp3) is 0.0476. The molecule has 0 spiro atoms. The molecule has 3 aromatic carbocycles. The lowest BCUT2D eigenvalue weighted by molar-refractivity contribution is 0.0844. The van der Waals surface area contributed by atoms with Crippen LogP contribution in [0.5, 0.6) is 5.75 Å². The predicted molar refractivity (Wildman–Crippen MR) is 98.6 cm³/mol. The molecule has 0 atom stereocenters. The fourth-order valence-corrected chi connectivity index (χ4v) is 2.36. The van der Waals surface area contributed by atoms with E-state index < -0.39 is 5.91 Å². The van der Waals surface area contributed by atoms with Crippen molar-refractivity contribution in [2.45, 2.75) is 6.61 Å². The van der Waals surface area contributed by atoms with Gasteiger partial charge in [0.1, 0.15) is 12.4 Å². The highest BCUT2D eigenvalue weighted by atomic mass is 16.5. The largest absolute Gasteiger partial charge is 0.488 e. The Morgan fingerprint density at radius 2 is 1.27 bits per heavy atom. The molecule has 26 heavy (non-hydrogen) atoms. The number of carbonyl (C=O) groups is 2. The van der Waals surface area contributed by atoms with Crippen LogP contribution in [-0.4, -0.2) is 11.8 Å². The van der Waals surface area contributed by atoms with Crippen LogP contribution in [-0.2, 0) is 6.61 Å². The number of para-hydroxylation sites is 1. The number of amides is 2. The van der Waals surface area contributed by atoms with Crippen LogP contribution in [0.3, 0.4) is 0 Å². The molecule has 130 valence electrons. The summed E-state index contributed by atoms with van der Waals surface area (Å²) in [4.78, 5) is 24.4. The van der Waals surface area contributed by atoms with Gasteiger partial charge >= 0.3 is 0 Å². The first-order valence-corrected chi connectivity index (χ1v) is 8.15. The fourth-order valence-electron chi connectivity index (χ4n) is 2.36. The average Bonchev–Trinajstić information content (AvgIpc) is 2.72. The van der Waals surface area contributed by atoms with E-state index in [0.29, 0.717) is 23.5 Å². The summed E-state index contributed by atoms with van der Waals surface area (Å²) in [7, 11) is 0. The number of hydrogen-bond donors (Lipinski definition) is 2. The van der Waals surface area contributed by atoms with E-state index in [2.05, 4.69) is 10.9 Å². The van der Waals surface area contributed by atoms with Crippen LogP contribution >= 0.6 is 0 Å². The molecule has 0 bridgehead atoms. The Labute approximate surface area is 151 Å². The number of ether oxygens (including phenoxy) is 1. The van der Waals surface area contributed by atoms with Gasteiger partial charge in [-0.1, -0.05) is 60.7 Å². The zero-order valence-electron chi connectivity index (χ0n) is 14.0. The van der Waals surface area contributed by atoms with Gasteiger partial charge in [0.15, 0.2) is 0 Å². The van der Waals surface area contributed by atoms with Crippen molar-refractivity contribution in [1.29, 1.82) is 0 Å². The minimum absolute atomic E-state index is 0.344. The maximum atomic E-state index is 12.4. The summed E-state index contributed by atoms with van der Waals surface area (Å²) >= 11 is 0. The third kappa shape index (κ3) is 4.48. The second kappa shape index (κ2) is 8.48. The van der Waals surface area contributed by atoms with Gasteiger partial charge in [-0.3, -0.25) is 20.4 Å². The average molecular weight is 346 g/mol. The van der Waals surface area contributed by atoms with Crippen molar-refractivity contribution in [3.05, 3.63) is 102 Å². The first-order valence-electron chi connectivity index (χ1n) is 8.15. The number of benzene rings is 3. The third-order valence-electron chi connectivity index (χ3n) is 3.69. The number of carbonyl (C=O) groups excluding carboxylic acids is 2. The van der Waals surface area contributed by atoms with Gasteiger partial charge in [0.05, 0.1) is 5.56 Å². The van der Waals surface area contributed by atoms with E-state index in [4.69, 9.17) is 4.74 Å². The quantitative estimate of drug-likeness (QED) is 0.696. The molecule has 0 heterocycles. The third-order valence-corrected chi connectivity index (χ3v) is 3.69. The summed E-state index contributed by atoms with van der Waals surface area (Å²) in [6.07, 6.45) is 0. The molecule has 5 heteroatoms. The maximum Gasteiger partial charge on any atom is 0.273 e. The predicted octanol–water partition coefficient (Wildman–Crippen LogP) is 3.34. The van der Waals surface area contributed by atoms with Crippen LogP contribution in [0.25, 0.3) is 0 Å². The first-order chi connectivity index (χ1) is 12.7. The van der Waals surface area contributed by atoms with Crippen molar-refractivity contribution in [2.75, 3.05) is 0 Å². The Bertz CT molecular complexity index is 880. The molecule has 3 aromatic rings. The second-order valence-corrected chi connectivity index (χ2v) is 5.54. The van der Waals surface area contributed by atoms with Crippen LogP contribution in [0.1, 0.15) is 26.3 Å². The number of rotatable bonds is 5. The number of nitrogens with one attached hydrogen (secondary N) is 2. The second-order valence-electron chi connectivity index (χ2n) is 5.54. The van der Waals surface area contributed by atoms with Crippen molar-refractivity contribution < 1.29 is 14.3 Å². The van der Waals surface area contributed by atoms with Gasteiger partial charge in [-0.05, 0) is 29.8 Å². The summed E-state index contributed by atoms with van der Waals surface area (Å²) in [5.41, 5.74) is 6.63. The van der Waals surface area contributed by atoms with Gasteiger partial charge in [0.2, 0.25) is 0 Å². The van der Waals surface area contributed by atoms with Crippen LogP contribution in [0.4, 0.5) is 0 Å². The summed E-state index contributed by atoms with van der Waals surface area (Å²) < 4.78 is 5.76. The molecule has 0 fully saturated rings. The van der Waals surface area contributed by atoms with E-state index >= 15 is 0 Å². The van der Waals surface area contributed by atoms with E-state index in [-0.39, 0.29) is 5.91 Å². The molecule has 5 nitrogen and oxygen atoms in total. The van der Waals surface area contributed by atoms with E-state index in [9.17, 15) is 9.59 Å². The van der Waals surface area contributed by atoms with Gasteiger partial charge < -0.3 is 4.74 Å². The highest BCUT2D eigenvalue weighted by Crippen LogP contribution is 2.19. The van der Waals surface area contributed by atoms with Crippen LogP contribution in [0.15, 0.2) is 84.9 Å². The Morgan fingerprint density at radius 3 is 2.00 bits per heavy atom. The van der Waals surface area contributed by atoms with Crippen LogP contribution < -0.4 is 15.6 Å². The van der Waals surface area contributed by atoms with E-state index in [1.165, 1.54) is 0 Å². The zero-order valence-corrected chi connectivity index (χ0v) is 14.0. The summed E-state index contributed by atoms with van der Waals surface area (Å²) in [6, 6.07) is 25.2. The first kappa shape index (κ1) is 17.2. The lowest BCUT2D eigenvalue weighted by Crippen LogP contribution is -2.41. The van der Waals surface area contributed by atoms with Crippen molar-refractivity contribution in [2.24, 2.45) is 0 Å². The Kier molecular flexibility index (Phi) is 5.62. The monoisotopic (exact) mass is 346 g/mol. The van der Waals surface area contributed by atoms with Crippen molar-refractivity contribution >= 4 is 11.8 Å². The molecular weight excluding hydrogens is 328 g/mol. The van der Waals surface area contributed by atoms with Crippen LogP contribution in [0.2, 0.25) is 0 Å². The molecule has 0 aliphatic rings. The van der Waals surface area contributed by atoms with Gasteiger partial charge in [-0.15, -0.1) is 0 Å². The van der Waals surface area contributed by atoms with Gasteiger partial charge in [-0.25, -0.2) is 0 Å². The van der Waals surface area contributed by atoms with Crippen molar-refractivity contribution in [3.63, 3.8) is 0 Å². The molecule has 2 N–H and O–H groups in total. The van der Waals surface area contributed by atoms with Crippen molar-refractivity contribution in [3.8, 4) is 5.75 Å². The molecule has 0 saturated carbocycles. The topological polar surface area (TPSA) is 67.4 Å². The highest BCUT2D eigenvalue weighted by molar-refractivity contribution is 6.00. The normalized spacial score (nSPS) is 10.0. The molecular formula is C21H18N2O3. The number of hydrazine groups is 1. The number of hydrogen-bond acceptors (Lipinski definition) is 3. The zero-order chi connectivity index (χ0) is 18.2. The van der Waals surface area contributed by atoms with Crippen molar-refractivity contribution in [1.82, 2.24) is 10.9 Å². The lowest BCUT2D eigenvalue weighted by atomic mass is 10.2. The smallest absolute Gasteiger partial charge is 0.273 e. The van der Waals surface area contributed by atoms with Gasteiger partial charge in [-0.2, -0.15) is 0 Å². The van der Waals surface area contributed by atoms with E-state index in [1.54, 1.807) is 48.5 Å². The minimum Gasteiger partial charge on any atom is -0.488 e. The molecule has 0 aromatic heterocycles. The molecule has 3 rings (SSSR count). The standard InChI is InChI=1S/C21H18N2O3/c24-20(17-11-5-2-6-12-17)22-23-21(25)18-13-7-8-14-19(18)26-15-16-9-3-1-4-10-16/h1-14H,15H2,(H,22,24)(H,23,25). The molecule has 0 aliphatic carbocycles. The Balaban J connectivity index is 1.63. The van der Waals surface area contributed by atoms with Gasteiger partial charge in [0.25, 0.3) is 11.8 Å². The summed E-state index contributed by atoms with van der Waals surface area (Å²) in [5.74, 6) is -0.387. The molecule has 0 saturated heterocycles. The molecule has 2 amide bonds. The van der Waals surface area contributed by atoms with E-state index in [0.717, 1.165) is 5.56 Å². The summed E-state index contributed by atoms with van der Waals surface area (Å²) in [5, 5.41) is 0. The van der Waals surface area contributed by atoms with Crippen LogP contribution in [0, 0.1) is 0 Å². The summed E-state index contributed by atoms with van der Waals surface area (Å²) in [6.45, 7) is 0.349. The highest BCUT2D eigenvalue weighted by Gasteiger charge is 2.13. The molecule has 0 radical (unpaired) electrons. The maximum absolute atomic E-state index is 12.4. The minimum atomic E-state index is -0.446. The lowest BCUT2D eigenvalue weighted by Gasteiger charge is -2.12. The molecule has 0 aliphatic heterocycles. The van der Waals surface area contributed by atoms with Gasteiger partial charge in [0, 0.05) is 5.56 Å². The van der Waals surface area contributed by atoms with E-state index in [1.807, 2.05) is 36.4 Å².